The molecule has 0 unspecified atom stereocenters. The highest BCUT2D eigenvalue weighted by atomic mass is 19.1. The minimum Gasteiger partial charge on any atom is -0.494 e. The predicted octanol–water partition coefficient (Wildman–Crippen LogP) is 4.76. The monoisotopic (exact) mass is 554 g/mol. The highest BCUT2D eigenvalue weighted by Gasteiger charge is 2.28. The van der Waals surface area contributed by atoms with Crippen molar-refractivity contribution in [1.82, 2.24) is 24.8 Å². The van der Waals surface area contributed by atoms with Gasteiger partial charge in [-0.05, 0) is 71.0 Å². The van der Waals surface area contributed by atoms with Gasteiger partial charge in [0, 0.05) is 23.7 Å². The van der Waals surface area contributed by atoms with Crippen molar-refractivity contribution < 1.29 is 23.0 Å². The Bertz CT molecular complexity index is 1230. The van der Waals surface area contributed by atoms with Crippen LogP contribution in [0.2, 0.25) is 0 Å². The molecule has 2 fully saturated rings. The Hall–Kier alpha value is -3.57. The van der Waals surface area contributed by atoms with Gasteiger partial charge >= 0.3 is 0 Å². The van der Waals surface area contributed by atoms with Crippen LogP contribution in [0.1, 0.15) is 42.9 Å². The number of ether oxygens (including phenoxy) is 3. The van der Waals surface area contributed by atoms with Crippen LogP contribution in [-0.2, 0) is 6.61 Å². The molecule has 1 aromatic carbocycles. The average Bonchev–Trinajstić information content (AvgIpc) is 2.99. The number of likely N-dealkylation sites (tertiary alicyclic amines) is 2. The van der Waals surface area contributed by atoms with Crippen molar-refractivity contribution in [3.05, 3.63) is 59.7 Å². The van der Waals surface area contributed by atoms with Crippen molar-refractivity contribution in [1.29, 1.82) is 0 Å². The lowest BCUT2D eigenvalue weighted by molar-refractivity contribution is 0.0962. The van der Waals surface area contributed by atoms with Crippen LogP contribution in [0.4, 0.5) is 20.4 Å². The molecule has 0 radical (unpaired) electrons. The van der Waals surface area contributed by atoms with Gasteiger partial charge in [0.2, 0.25) is 5.95 Å². The van der Waals surface area contributed by atoms with Gasteiger partial charge in [-0.2, -0.15) is 0 Å². The van der Waals surface area contributed by atoms with Crippen molar-refractivity contribution in [2.45, 2.75) is 44.2 Å². The summed E-state index contributed by atoms with van der Waals surface area (Å²) in [7, 11) is 4.80. The van der Waals surface area contributed by atoms with Gasteiger partial charge in [-0.25, -0.2) is 18.7 Å². The Labute approximate surface area is 233 Å². The molecule has 3 aromatic rings. The number of nitrogens with one attached hydrogen (secondary N) is 1. The maximum atomic E-state index is 14.6. The molecule has 11 heteroatoms. The summed E-state index contributed by atoms with van der Waals surface area (Å²) in [6.07, 6.45) is 9.46. The third kappa shape index (κ3) is 6.42. The van der Waals surface area contributed by atoms with Crippen LogP contribution in [-0.4, -0.2) is 78.2 Å². The summed E-state index contributed by atoms with van der Waals surface area (Å²) in [5.74, 6) is -0.878. The van der Waals surface area contributed by atoms with Gasteiger partial charge in [0.05, 0.1) is 44.1 Å². The number of nitrogens with zero attached hydrogens (tertiary/aromatic N) is 5. The lowest BCUT2D eigenvalue weighted by Crippen LogP contribution is -2.46. The van der Waals surface area contributed by atoms with Crippen LogP contribution in [0.3, 0.4) is 0 Å². The summed E-state index contributed by atoms with van der Waals surface area (Å²) in [6.45, 7) is 4.27. The summed E-state index contributed by atoms with van der Waals surface area (Å²) in [6, 6.07) is 5.93. The number of pyridine rings is 1. The van der Waals surface area contributed by atoms with Crippen LogP contribution in [0.15, 0.2) is 36.8 Å². The zero-order valence-corrected chi connectivity index (χ0v) is 23.2. The molecule has 1 N–H and O–H groups in total. The summed E-state index contributed by atoms with van der Waals surface area (Å²) >= 11 is 0. The molecule has 2 aliphatic heterocycles. The highest BCUT2D eigenvalue weighted by Crippen LogP contribution is 2.32. The molecule has 0 aliphatic carbocycles. The fourth-order valence-electron chi connectivity index (χ4n) is 5.44. The minimum absolute atomic E-state index is 0.134. The second-order valence-electron chi connectivity index (χ2n) is 10.4. The molecular formula is C29H36F2N6O3. The normalized spacial score (nSPS) is 17.5. The van der Waals surface area contributed by atoms with Crippen molar-refractivity contribution >= 4 is 11.6 Å². The molecule has 2 aliphatic rings. The zero-order chi connectivity index (χ0) is 28.1. The van der Waals surface area contributed by atoms with E-state index in [0.717, 1.165) is 49.4 Å². The third-order valence-electron chi connectivity index (χ3n) is 7.87. The van der Waals surface area contributed by atoms with E-state index in [2.05, 4.69) is 38.2 Å². The first kappa shape index (κ1) is 28.0. The molecule has 40 heavy (non-hydrogen) atoms. The van der Waals surface area contributed by atoms with E-state index in [1.54, 1.807) is 6.20 Å². The van der Waals surface area contributed by atoms with E-state index >= 15 is 0 Å². The first-order valence-electron chi connectivity index (χ1n) is 13.6. The Kier molecular flexibility index (Phi) is 8.91. The van der Waals surface area contributed by atoms with E-state index in [1.165, 1.54) is 52.5 Å². The molecule has 4 heterocycles. The van der Waals surface area contributed by atoms with Gasteiger partial charge in [0.25, 0.3) is 0 Å². The number of rotatable bonds is 9. The number of piperidine rings is 2. The number of hydrogen-bond donors (Lipinski definition) is 1. The molecule has 0 bridgehead atoms. The van der Waals surface area contributed by atoms with Crippen molar-refractivity contribution in [3.63, 3.8) is 0 Å². The van der Waals surface area contributed by atoms with Crippen LogP contribution < -0.4 is 19.5 Å². The first-order valence-corrected chi connectivity index (χ1v) is 13.6. The predicted molar refractivity (Wildman–Crippen MR) is 147 cm³/mol. The van der Waals surface area contributed by atoms with E-state index in [0.29, 0.717) is 11.9 Å². The Morgan fingerprint density at radius 3 is 2.10 bits per heavy atom. The number of anilines is 2. The van der Waals surface area contributed by atoms with Gasteiger partial charge in [-0.1, -0.05) is 0 Å². The Morgan fingerprint density at radius 2 is 1.52 bits per heavy atom. The summed E-state index contributed by atoms with van der Waals surface area (Å²) in [5, 5.41) is 3.13. The van der Waals surface area contributed by atoms with Crippen molar-refractivity contribution in [3.8, 4) is 17.2 Å². The van der Waals surface area contributed by atoms with Crippen LogP contribution in [0.5, 0.6) is 17.2 Å². The molecule has 2 saturated heterocycles. The van der Waals surface area contributed by atoms with Gasteiger partial charge in [-0.3, -0.25) is 4.98 Å². The van der Waals surface area contributed by atoms with Gasteiger partial charge in [0.15, 0.2) is 28.9 Å². The summed E-state index contributed by atoms with van der Waals surface area (Å²) < 4.78 is 44.6. The van der Waals surface area contributed by atoms with E-state index in [-0.39, 0.29) is 29.4 Å². The maximum absolute atomic E-state index is 14.6. The Morgan fingerprint density at radius 1 is 0.875 bits per heavy atom. The van der Waals surface area contributed by atoms with Crippen LogP contribution in [0.25, 0.3) is 0 Å². The van der Waals surface area contributed by atoms with Crippen LogP contribution in [0, 0.1) is 11.6 Å². The van der Waals surface area contributed by atoms with E-state index in [1.807, 2.05) is 6.07 Å². The number of methoxy groups -OCH3 is 2. The average molecular weight is 555 g/mol. The smallest absolute Gasteiger partial charge is 0.227 e. The number of halogens is 2. The van der Waals surface area contributed by atoms with E-state index in [9.17, 15) is 8.78 Å². The molecule has 0 spiro atoms. The molecule has 214 valence electrons. The van der Waals surface area contributed by atoms with Gasteiger partial charge < -0.3 is 29.3 Å². The molecule has 5 rings (SSSR count). The largest absolute Gasteiger partial charge is 0.494 e. The summed E-state index contributed by atoms with van der Waals surface area (Å²) in [5.41, 5.74) is 1.58. The number of hydrogen-bond acceptors (Lipinski definition) is 9. The Balaban J connectivity index is 1.13. The molecule has 0 saturated carbocycles. The van der Waals surface area contributed by atoms with Crippen molar-refractivity contribution in [2.75, 3.05) is 52.8 Å². The summed E-state index contributed by atoms with van der Waals surface area (Å²) in [4.78, 5) is 18.3. The number of benzene rings is 1. The van der Waals surface area contributed by atoms with Gasteiger partial charge in [-0.15, -0.1) is 0 Å². The second-order valence-corrected chi connectivity index (χ2v) is 10.4. The quantitative estimate of drug-likeness (QED) is 0.402. The molecular weight excluding hydrogens is 518 g/mol. The highest BCUT2D eigenvalue weighted by molar-refractivity contribution is 5.51. The fourth-order valence-corrected chi connectivity index (χ4v) is 5.44. The topological polar surface area (TPSA) is 84.9 Å². The maximum Gasteiger partial charge on any atom is 0.227 e. The molecule has 0 atom stereocenters. The SMILES string of the molecule is COc1cc(OC)c(F)c(COc2cnc(Nc3ccc(C4CCN(C5CCN(C)CC5)CC4)nc3)nc2)c1F. The lowest BCUT2D eigenvalue weighted by Gasteiger charge is -2.41. The third-order valence-corrected chi connectivity index (χ3v) is 7.87. The van der Waals surface area contributed by atoms with Crippen molar-refractivity contribution in [2.24, 2.45) is 0 Å². The zero-order valence-electron chi connectivity index (χ0n) is 23.2. The minimum atomic E-state index is -0.848. The molecule has 0 amide bonds. The molecule has 9 nitrogen and oxygen atoms in total. The fraction of sp³-hybridized carbons (Fsp3) is 0.483. The van der Waals surface area contributed by atoms with E-state index < -0.39 is 11.6 Å². The first-order chi connectivity index (χ1) is 19.4. The van der Waals surface area contributed by atoms with E-state index in [4.69, 9.17) is 19.2 Å². The standard InChI is InChI=1S/C29H36F2N6O3/c1-36-10-8-21(9-11-36)37-12-6-19(7-13-37)24-5-4-20(15-32-24)35-29-33-16-22(17-34-29)40-18-23-27(30)25(38-2)14-26(39-3)28(23)31/h4-5,14-17,19,21H,6-13,18H2,1-3H3,(H,33,34,35). The second kappa shape index (κ2) is 12.7. The lowest BCUT2D eigenvalue weighted by atomic mass is 9.91. The molecule has 2 aromatic heterocycles. The van der Waals surface area contributed by atoms with Gasteiger partial charge in [0.1, 0.15) is 6.61 Å². The number of aromatic nitrogens is 3. The van der Waals surface area contributed by atoms with Crippen LogP contribution >= 0.6 is 0 Å².